The number of carbonyl (C=O) groups excluding carboxylic acids is 1. The molecule has 0 radical (unpaired) electrons. The normalized spacial score (nSPS) is 10.4. The molecule has 2 heterocycles. The highest BCUT2D eigenvalue weighted by molar-refractivity contribution is 7.08. The first-order valence-corrected chi connectivity index (χ1v) is 6.45. The zero-order chi connectivity index (χ0) is 12.4. The van der Waals surface area contributed by atoms with Crippen LogP contribution in [0.2, 0.25) is 0 Å². The molecule has 0 spiro atoms. The first kappa shape index (κ1) is 10.9. The summed E-state index contributed by atoms with van der Waals surface area (Å²) in [5, 5.41) is 4.09. The standard InChI is InChI=1S/C14H10N2OS/c17-13(14-15-5-6-16-14)11-3-1-2-10(8-11)12-4-7-18-9-12/h1-9H,(H,15,16). The summed E-state index contributed by atoms with van der Waals surface area (Å²) in [6.45, 7) is 0. The lowest BCUT2D eigenvalue weighted by atomic mass is 10.0. The first-order chi connectivity index (χ1) is 8.84. The second-order valence-electron chi connectivity index (χ2n) is 3.86. The number of benzene rings is 1. The Morgan fingerprint density at radius 2 is 2.17 bits per heavy atom. The highest BCUT2D eigenvalue weighted by Gasteiger charge is 2.11. The van der Waals surface area contributed by atoms with E-state index in [2.05, 4.69) is 15.3 Å². The molecule has 3 nitrogen and oxygen atoms in total. The van der Waals surface area contributed by atoms with E-state index in [1.165, 1.54) is 0 Å². The predicted octanol–water partition coefficient (Wildman–Crippen LogP) is 3.37. The predicted molar refractivity (Wildman–Crippen MR) is 71.8 cm³/mol. The summed E-state index contributed by atoms with van der Waals surface area (Å²) in [7, 11) is 0. The van der Waals surface area contributed by atoms with Gasteiger partial charge in [0.25, 0.3) is 0 Å². The molecule has 0 bridgehead atoms. The van der Waals surface area contributed by atoms with Crippen molar-refractivity contribution in [3.05, 3.63) is 64.9 Å². The Balaban J connectivity index is 1.99. The van der Waals surface area contributed by atoms with Crippen molar-refractivity contribution in [2.45, 2.75) is 0 Å². The molecule has 0 aliphatic rings. The molecule has 88 valence electrons. The summed E-state index contributed by atoms with van der Waals surface area (Å²) < 4.78 is 0. The zero-order valence-electron chi connectivity index (χ0n) is 9.46. The fourth-order valence-corrected chi connectivity index (χ4v) is 2.46. The highest BCUT2D eigenvalue weighted by atomic mass is 32.1. The molecule has 18 heavy (non-hydrogen) atoms. The Labute approximate surface area is 108 Å². The molecule has 0 saturated carbocycles. The van der Waals surface area contributed by atoms with Crippen molar-refractivity contribution in [2.24, 2.45) is 0 Å². The van der Waals surface area contributed by atoms with Crippen LogP contribution in [-0.2, 0) is 0 Å². The summed E-state index contributed by atoms with van der Waals surface area (Å²) in [6.07, 6.45) is 3.23. The van der Waals surface area contributed by atoms with Gasteiger partial charge in [-0.05, 0) is 34.0 Å². The quantitative estimate of drug-likeness (QED) is 0.728. The van der Waals surface area contributed by atoms with Gasteiger partial charge in [-0.15, -0.1) is 0 Å². The van der Waals surface area contributed by atoms with E-state index in [9.17, 15) is 4.79 Å². The van der Waals surface area contributed by atoms with E-state index in [1.54, 1.807) is 29.8 Å². The maximum atomic E-state index is 12.1. The van der Waals surface area contributed by atoms with Crippen LogP contribution in [0.3, 0.4) is 0 Å². The Morgan fingerprint density at radius 3 is 2.89 bits per heavy atom. The van der Waals surface area contributed by atoms with Crippen LogP contribution in [0.5, 0.6) is 0 Å². The fraction of sp³-hybridized carbons (Fsp3) is 0. The molecule has 0 atom stereocenters. The van der Waals surface area contributed by atoms with Gasteiger partial charge in [-0.25, -0.2) is 4.98 Å². The van der Waals surface area contributed by atoms with Gasteiger partial charge in [0, 0.05) is 18.0 Å². The second-order valence-corrected chi connectivity index (χ2v) is 4.64. The molecule has 0 fully saturated rings. The molecular formula is C14H10N2OS. The smallest absolute Gasteiger partial charge is 0.228 e. The fourth-order valence-electron chi connectivity index (χ4n) is 1.79. The average molecular weight is 254 g/mol. The van der Waals surface area contributed by atoms with Gasteiger partial charge in [-0.1, -0.05) is 18.2 Å². The topological polar surface area (TPSA) is 45.8 Å². The zero-order valence-corrected chi connectivity index (χ0v) is 10.3. The molecule has 2 aromatic heterocycles. The molecule has 0 aliphatic carbocycles. The average Bonchev–Trinajstić information content (AvgIpc) is 3.11. The Morgan fingerprint density at radius 1 is 1.22 bits per heavy atom. The van der Waals surface area contributed by atoms with Gasteiger partial charge in [0.2, 0.25) is 5.78 Å². The molecule has 0 unspecified atom stereocenters. The van der Waals surface area contributed by atoms with Crippen molar-refractivity contribution in [1.82, 2.24) is 9.97 Å². The van der Waals surface area contributed by atoms with Crippen molar-refractivity contribution >= 4 is 17.1 Å². The largest absolute Gasteiger partial charge is 0.342 e. The molecule has 3 aromatic rings. The summed E-state index contributed by atoms with van der Waals surface area (Å²) in [5.41, 5.74) is 2.83. The minimum absolute atomic E-state index is 0.0860. The summed E-state index contributed by atoms with van der Waals surface area (Å²) in [5.74, 6) is 0.287. The molecule has 0 aliphatic heterocycles. The number of carbonyl (C=O) groups is 1. The van der Waals surface area contributed by atoms with Crippen molar-refractivity contribution < 1.29 is 4.79 Å². The third-order valence-electron chi connectivity index (χ3n) is 2.69. The number of rotatable bonds is 3. The Bertz CT molecular complexity index is 657. The summed E-state index contributed by atoms with van der Waals surface area (Å²) >= 11 is 1.64. The van der Waals surface area contributed by atoms with Gasteiger partial charge >= 0.3 is 0 Å². The molecule has 0 amide bonds. The minimum atomic E-state index is -0.0860. The summed E-state index contributed by atoms with van der Waals surface area (Å²) in [6, 6.07) is 9.64. The third kappa shape index (κ3) is 1.98. The van der Waals surface area contributed by atoms with Crippen LogP contribution in [0.15, 0.2) is 53.5 Å². The molecular weight excluding hydrogens is 244 g/mol. The molecule has 1 N–H and O–H groups in total. The monoisotopic (exact) mass is 254 g/mol. The number of ketones is 1. The molecule has 3 rings (SSSR count). The van der Waals surface area contributed by atoms with Crippen LogP contribution < -0.4 is 0 Å². The maximum Gasteiger partial charge on any atom is 0.228 e. The maximum absolute atomic E-state index is 12.1. The van der Waals surface area contributed by atoms with Gasteiger partial charge in [-0.2, -0.15) is 11.3 Å². The molecule has 4 heteroatoms. The van der Waals surface area contributed by atoms with Gasteiger partial charge in [0.15, 0.2) is 5.82 Å². The number of H-pyrrole nitrogens is 1. The molecule has 1 aromatic carbocycles. The third-order valence-corrected chi connectivity index (χ3v) is 3.38. The van der Waals surface area contributed by atoms with Gasteiger partial charge in [0.1, 0.15) is 0 Å². The van der Waals surface area contributed by atoms with Crippen molar-refractivity contribution in [3.63, 3.8) is 0 Å². The van der Waals surface area contributed by atoms with Crippen LogP contribution in [0.1, 0.15) is 16.2 Å². The number of thiophene rings is 1. The first-order valence-electron chi connectivity index (χ1n) is 5.51. The number of nitrogens with zero attached hydrogens (tertiary/aromatic N) is 1. The van der Waals surface area contributed by atoms with Crippen molar-refractivity contribution in [3.8, 4) is 11.1 Å². The lowest BCUT2D eigenvalue weighted by Gasteiger charge is -2.01. The van der Waals surface area contributed by atoms with E-state index in [-0.39, 0.29) is 5.78 Å². The molecule has 0 saturated heterocycles. The number of nitrogens with one attached hydrogen (secondary N) is 1. The Kier molecular flexibility index (Phi) is 2.78. The van der Waals surface area contributed by atoms with Gasteiger partial charge in [0.05, 0.1) is 0 Å². The number of imidazole rings is 1. The van der Waals surface area contributed by atoms with E-state index >= 15 is 0 Å². The van der Waals surface area contributed by atoms with Crippen LogP contribution in [0.4, 0.5) is 0 Å². The van der Waals surface area contributed by atoms with E-state index in [0.717, 1.165) is 11.1 Å². The lowest BCUT2D eigenvalue weighted by Crippen LogP contribution is -2.03. The SMILES string of the molecule is O=C(c1cccc(-c2ccsc2)c1)c1ncc[nH]1. The van der Waals surface area contributed by atoms with Crippen LogP contribution in [0, 0.1) is 0 Å². The van der Waals surface area contributed by atoms with Crippen LogP contribution in [0.25, 0.3) is 11.1 Å². The van der Waals surface area contributed by atoms with Crippen LogP contribution >= 0.6 is 11.3 Å². The van der Waals surface area contributed by atoms with Crippen molar-refractivity contribution in [1.29, 1.82) is 0 Å². The highest BCUT2D eigenvalue weighted by Crippen LogP contribution is 2.23. The number of hydrogen-bond donors (Lipinski definition) is 1. The number of hydrogen-bond acceptors (Lipinski definition) is 3. The van der Waals surface area contributed by atoms with Gasteiger partial charge in [-0.3, -0.25) is 4.79 Å². The van der Waals surface area contributed by atoms with Crippen LogP contribution in [-0.4, -0.2) is 15.8 Å². The van der Waals surface area contributed by atoms with E-state index in [4.69, 9.17) is 0 Å². The lowest BCUT2D eigenvalue weighted by molar-refractivity contribution is 0.103. The van der Waals surface area contributed by atoms with E-state index < -0.39 is 0 Å². The summed E-state index contributed by atoms with van der Waals surface area (Å²) in [4.78, 5) is 19.0. The number of aromatic nitrogens is 2. The van der Waals surface area contributed by atoms with Gasteiger partial charge < -0.3 is 4.98 Å². The second kappa shape index (κ2) is 4.58. The van der Waals surface area contributed by atoms with Crippen molar-refractivity contribution in [2.75, 3.05) is 0 Å². The van der Waals surface area contributed by atoms with E-state index in [0.29, 0.717) is 11.4 Å². The number of aromatic amines is 1. The van der Waals surface area contributed by atoms with E-state index in [1.807, 2.05) is 29.6 Å². The minimum Gasteiger partial charge on any atom is -0.342 e. The Hall–Kier alpha value is -2.20.